The van der Waals surface area contributed by atoms with E-state index in [9.17, 15) is 0 Å². The van der Waals surface area contributed by atoms with Crippen LogP contribution >= 0.6 is 23.2 Å². The molecule has 0 atom stereocenters. The molecule has 7 heteroatoms. The van der Waals surface area contributed by atoms with Crippen molar-refractivity contribution in [2.24, 2.45) is 5.92 Å². The number of halogens is 2. The van der Waals surface area contributed by atoms with Crippen LogP contribution < -0.4 is 9.47 Å². The fourth-order valence-corrected chi connectivity index (χ4v) is 1.79. The quantitative estimate of drug-likeness (QED) is 0.806. The second-order valence-corrected chi connectivity index (χ2v) is 5.39. The average Bonchev–Trinajstić information content (AvgIpc) is 2.83. The van der Waals surface area contributed by atoms with Crippen molar-refractivity contribution in [1.29, 1.82) is 0 Å². The van der Waals surface area contributed by atoms with Gasteiger partial charge in [-0.25, -0.2) is 0 Å². The third kappa shape index (κ3) is 4.28. The molecular formula is C13H14Cl2N2O3. The number of benzene rings is 1. The summed E-state index contributed by atoms with van der Waals surface area (Å²) in [4.78, 5) is 4.05. The standard InChI is InChI=1S/C13H14Cl2N2O3/c1-8(2)6-19-13-16-12(17-20-13)7-18-11-4-3-9(14)5-10(11)15/h3-5,8H,6-7H2,1-2H3. The molecule has 0 radical (unpaired) electrons. The number of nitrogens with zero attached hydrogens (tertiary/aromatic N) is 2. The molecule has 1 aromatic carbocycles. The second kappa shape index (κ2) is 6.81. The van der Waals surface area contributed by atoms with Crippen LogP contribution in [0.1, 0.15) is 19.7 Å². The van der Waals surface area contributed by atoms with E-state index in [-0.39, 0.29) is 12.7 Å². The molecule has 108 valence electrons. The molecule has 2 rings (SSSR count). The number of ether oxygens (including phenoxy) is 2. The van der Waals surface area contributed by atoms with Crippen molar-refractivity contribution in [3.63, 3.8) is 0 Å². The molecule has 1 heterocycles. The van der Waals surface area contributed by atoms with Crippen LogP contribution in [0.5, 0.6) is 11.8 Å². The van der Waals surface area contributed by atoms with Crippen molar-refractivity contribution in [1.82, 2.24) is 10.1 Å². The van der Waals surface area contributed by atoms with Crippen molar-refractivity contribution < 1.29 is 14.0 Å². The molecule has 1 aromatic heterocycles. The van der Waals surface area contributed by atoms with Gasteiger partial charge in [-0.3, -0.25) is 4.52 Å². The molecule has 0 N–H and O–H groups in total. The first kappa shape index (κ1) is 14.9. The van der Waals surface area contributed by atoms with Crippen LogP contribution in [0.3, 0.4) is 0 Å². The summed E-state index contributed by atoms with van der Waals surface area (Å²) in [7, 11) is 0. The third-order valence-electron chi connectivity index (χ3n) is 2.24. The smallest absolute Gasteiger partial charge is 0.417 e. The van der Waals surface area contributed by atoms with Crippen LogP contribution in [0.15, 0.2) is 22.7 Å². The minimum atomic E-state index is 0.135. The summed E-state index contributed by atoms with van der Waals surface area (Å²) in [5.41, 5.74) is 0. The molecule has 0 aliphatic heterocycles. The summed E-state index contributed by atoms with van der Waals surface area (Å²) in [6, 6.07) is 4.98. The SMILES string of the molecule is CC(C)COc1nc(COc2ccc(Cl)cc2Cl)no1. The van der Waals surface area contributed by atoms with Crippen molar-refractivity contribution in [2.75, 3.05) is 6.61 Å². The van der Waals surface area contributed by atoms with E-state index < -0.39 is 0 Å². The van der Waals surface area contributed by atoms with Gasteiger partial charge in [-0.2, -0.15) is 4.98 Å². The molecule has 0 amide bonds. The van der Waals surface area contributed by atoms with Gasteiger partial charge < -0.3 is 9.47 Å². The van der Waals surface area contributed by atoms with Gasteiger partial charge in [0.1, 0.15) is 5.75 Å². The molecule has 0 aliphatic carbocycles. The van der Waals surface area contributed by atoms with Crippen LogP contribution in [0, 0.1) is 5.92 Å². The van der Waals surface area contributed by atoms with Gasteiger partial charge in [0.05, 0.1) is 11.6 Å². The Morgan fingerprint density at radius 2 is 2.05 bits per heavy atom. The maximum absolute atomic E-state index is 5.99. The molecule has 2 aromatic rings. The Hall–Kier alpha value is -1.46. The van der Waals surface area contributed by atoms with Gasteiger partial charge in [0, 0.05) is 5.02 Å². The normalized spacial score (nSPS) is 10.8. The van der Waals surface area contributed by atoms with Crippen LogP contribution in [0.4, 0.5) is 0 Å². The Bertz CT molecular complexity index is 572. The van der Waals surface area contributed by atoms with Crippen molar-refractivity contribution in [3.8, 4) is 11.8 Å². The van der Waals surface area contributed by atoms with E-state index >= 15 is 0 Å². The fraction of sp³-hybridized carbons (Fsp3) is 0.385. The highest BCUT2D eigenvalue weighted by Gasteiger charge is 2.10. The molecule has 5 nitrogen and oxygen atoms in total. The zero-order chi connectivity index (χ0) is 14.5. The maximum atomic E-state index is 5.99. The van der Waals surface area contributed by atoms with Crippen LogP contribution in [0.2, 0.25) is 10.0 Å². The summed E-state index contributed by atoms with van der Waals surface area (Å²) in [5.74, 6) is 1.27. The van der Waals surface area contributed by atoms with E-state index in [0.29, 0.717) is 34.1 Å². The predicted octanol–water partition coefficient (Wildman–Crippen LogP) is 3.99. The Morgan fingerprint density at radius 1 is 1.25 bits per heavy atom. The van der Waals surface area contributed by atoms with E-state index in [1.807, 2.05) is 13.8 Å². The number of hydrogen-bond acceptors (Lipinski definition) is 5. The van der Waals surface area contributed by atoms with Crippen LogP contribution in [-0.2, 0) is 6.61 Å². The lowest BCUT2D eigenvalue weighted by Crippen LogP contribution is -2.04. The van der Waals surface area contributed by atoms with E-state index in [0.717, 1.165) is 0 Å². The van der Waals surface area contributed by atoms with Gasteiger partial charge in [-0.15, -0.1) is 0 Å². The van der Waals surface area contributed by atoms with Crippen LogP contribution in [-0.4, -0.2) is 16.7 Å². The highest BCUT2D eigenvalue weighted by atomic mass is 35.5. The van der Waals surface area contributed by atoms with Gasteiger partial charge in [0.2, 0.25) is 5.82 Å². The van der Waals surface area contributed by atoms with Gasteiger partial charge in [0.15, 0.2) is 6.61 Å². The summed E-state index contributed by atoms with van der Waals surface area (Å²) >= 11 is 11.8. The lowest BCUT2D eigenvalue weighted by Gasteiger charge is -2.05. The fourth-order valence-electron chi connectivity index (χ4n) is 1.33. The largest absolute Gasteiger partial charge is 0.484 e. The van der Waals surface area contributed by atoms with Gasteiger partial charge in [-0.1, -0.05) is 42.2 Å². The Labute approximate surface area is 126 Å². The molecule has 0 saturated heterocycles. The second-order valence-electron chi connectivity index (χ2n) is 4.54. The van der Waals surface area contributed by atoms with Gasteiger partial charge in [0.25, 0.3) is 0 Å². The zero-order valence-corrected chi connectivity index (χ0v) is 12.6. The van der Waals surface area contributed by atoms with Gasteiger partial charge >= 0.3 is 6.08 Å². The maximum Gasteiger partial charge on any atom is 0.417 e. The van der Waals surface area contributed by atoms with E-state index in [1.54, 1.807) is 18.2 Å². The van der Waals surface area contributed by atoms with Crippen molar-refractivity contribution in [2.45, 2.75) is 20.5 Å². The first-order chi connectivity index (χ1) is 9.54. The minimum Gasteiger partial charge on any atom is -0.484 e. The third-order valence-corrected chi connectivity index (χ3v) is 2.77. The summed E-state index contributed by atoms with van der Waals surface area (Å²) in [6.45, 7) is 4.72. The minimum absolute atomic E-state index is 0.135. The first-order valence-corrected chi connectivity index (χ1v) is 6.83. The monoisotopic (exact) mass is 316 g/mol. The summed E-state index contributed by atoms with van der Waals surface area (Å²) in [5, 5.41) is 4.73. The van der Waals surface area contributed by atoms with Gasteiger partial charge in [-0.05, 0) is 24.1 Å². The number of rotatable bonds is 6. The summed E-state index contributed by atoms with van der Waals surface area (Å²) in [6.07, 6.45) is 0.138. The molecule has 0 fully saturated rings. The Morgan fingerprint density at radius 3 is 2.75 bits per heavy atom. The van der Waals surface area contributed by atoms with Crippen molar-refractivity contribution >= 4 is 23.2 Å². The molecule has 0 bridgehead atoms. The molecule has 0 unspecified atom stereocenters. The van der Waals surface area contributed by atoms with E-state index in [2.05, 4.69) is 10.1 Å². The zero-order valence-electron chi connectivity index (χ0n) is 11.1. The van der Waals surface area contributed by atoms with Crippen LogP contribution in [0.25, 0.3) is 0 Å². The van der Waals surface area contributed by atoms with Crippen molar-refractivity contribution in [3.05, 3.63) is 34.1 Å². The molecule has 0 spiro atoms. The lowest BCUT2D eigenvalue weighted by molar-refractivity contribution is 0.181. The average molecular weight is 317 g/mol. The van der Waals surface area contributed by atoms with E-state index in [1.165, 1.54) is 0 Å². The first-order valence-electron chi connectivity index (χ1n) is 6.08. The Balaban J connectivity index is 1.90. The topological polar surface area (TPSA) is 57.4 Å². The molecular weight excluding hydrogens is 303 g/mol. The summed E-state index contributed by atoms with van der Waals surface area (Å²) < 4.78 is 15.7. The van der Waals surface area contributed by atoms with E-state index in [4.69, 9.17) is 37.2 Å². The number of aromatic nitrogens is 2. The predicted molar refractivity (Wildman–Crippen MR) is 75.4 cm³/mol. The number of hydrogen-bond donors (Lipinski definition) is 0. The lowest BCUT2D eigenvalue weighted by atomic mass is 10.2. The Kier molecular flexibility index (Phi) is 5.09. The molecule has 20 heavy (non-hydrogen) atoms. The molecule has 0 aliphatic rings. The highest BCUT2D eigenvalue weighted by Crippen LogP contribution is 2.28. The highest BCUT2D eigenvalue weighted by molar-refractivity contribution is 6.35. The molecule has 0 saturated carbocycles.